The standard InChI is InChI=1S/C31H47N9O8/c1-2-3-9-27(44)38-14-12-34-24(41)19-39(29(46)17-30(47)48)15-13-35-25(42)20-40(28(45)10-11-36-31(32)33)18-23(37-26(43)21-38)16-22-7-5-4-6-8-22/h4-8,23H,2-3,9-21H2,1H3,(H,34,41)(H,35,42)(H,37,43)(H,47,48)(H4,32,33,36)/t23-/m0/s1. The van der Waals surface area contributed by atoms with Crippen LogP contribution in [0.25, 0.3) is 0 Å². The molecule has 17 heteroatoms. The minimum absolute atomic E-state index is 0.000405. The first-order valence-corrected chi connectivity index (χ1v) is 15.8. The Hall–Kier alpha value is -5.22. The van der Waals surface area contributed by atoms with Gasteiger partial charge in [-0.25, -0.2) is 0 Å². The molecule has 8 N–H and O–H groups in total. The van der Waals surface area contributed by atoms with Crippen LogP contribution < -0.4 is 27.4 Å². The van der Waals surface area contributed by atoms with E-state index >= 15 is 0 Å². The van der Waals surface area contributed by atoms with Gasteiger partial charge in [-0.1, -0.05) is 43.7 Å². The third kappa shape index (κ3) is 15.4. The Morgan fingerprint density at radius 3 is 1.98 bits per heavy atom. The van der Waals surface area contributed by atoms with Gasteiger partial charge in [-0.05, 0) is 18.4 Å². The van der Waals surface area contributed by atoms with Gasteiger partial charge < -0.3 is 47.2 Å². The first-order chi connectivity index (χ1) is 22.9. The number of guanidine groups is 1. The Kier molecular flexibility index (Phi) is 16.9. The van der Waals surface area contributed by atoms with E-state index in [-0.39, 0.29) is 70.5 Å². The second-order valence-electron chi connectivity index (χ2n) is 11.3. The minimum Gasteiger partial charge on any atom is -0.481 e. The summed E-state index contributed by atoms with van der Waals surface area (Å²) < 4.78 is 0. The molecule has 48 heavy (non-hydrogen) atoms. The number of benzene rings is 1. The molecule has 1 fully saturated rings. The molecular weight excluding hydrogens is 626 g/mol. The van der Waals surface area contributed by atoms with Gasteiger partial charge in [0.05, 0.1) is 32.2 Å². The molecule has 264 valence electrons. The highest BCUT2D eigenvalue weighted by molar-refractivity contribution is 5.95. The highest BCUT2D eigenvalue weighted by atomic mass is 16.4. The molecule has 0 bridgehead atoms. The zero-order valence-electron chi connectivity index (χ0n) is 27.3. The smallest absolute Gasteiger partial charge is 0.312 e. The molecule has 0 aromatic heterocycles. The third-order valence-electron chi connectivity index (χ3n) is 7.27. The molecule has 17 nitrogen and oxygen atoms in total. The molecule has 1 aliphatic heterocycles. The van der Waals surface area contributed by atoms with Gasteiger partial charge >= 0.3 is 5.97 Å². The molecule has 1 aliphatic rings. The maximum Gasteiger partial charge on any atom is 0.312 e. The van der Waals surface area contributed by atoms with E-state index in [9.17, 15) is 33.6 Å². The van der Waals surface area contributed by atoms with E-state index in [4.69, 9.17) is 16.6 Å². The van der Waals surface area contributed by atoms with Crippen molar-refractivity contribution < 1.29 is 38.7 Å². The number of carbonyl (C=O) groups is 7. The second-order valence-corrected chi connectivity index (χ2v) is 11.3. The zero-order valence-corrected chi connectivity index (χ0v) is 27.3. The molecule has 6 amide bonds. The number of nitrogens with two attached hydrogens (primary N) is 2. The number of hydrogen-bond acceptors (Lipinski definition) is 8. The molecule has 2 rings (SSSR count). The van der Waals surface area contributed by atoms with Gasteiger partial charge in [0.2, 0.25) is 35.4 Å². The van der Waals surface area contributed by atoms with Gasteiger partial charge in [0, 0.05) is 45.6 Å². The van der Waals surface area contributed by atoms with E-state index in [1.54, 1.807) is 0 Å². The largest absolute Gasteiger partial charge is 0.481 e. The van der Waals surface area contributed by atoms with Crippen molar-refractivity contribution in [2.75, 3.05) is 58.9 Å². The van der Waals surface area contributed by atoms with Crippen LogP contribution in [-0.4, -0.2) is 132 Å². The van der Waals surface area contributed by atoms with Crippen LogP contribution in [-0.2, 0) is 40.0 Å². The molecule has 1 heterocycles. The van der Waals surface area contributed by atoms with Crippen LogP contribution >= 0.6 is 0 Å². The summed E-state index contributed by atoms with van der Waals surface area (Å²) in [6.07, 6.45) is 0.838. The number of amides is 6. The summed E-state index contributed by atoms with van der Waals surface area (Å²) >= 11 is 0. The molecule has 1 aromatic rings. The first-order valence-electron chi connectivity index (χ1n) is 15.8. The number of carboxylic acids is 1. The number of carboxylic acid groups (broad SMARTS) is 1. The lowest BCUT2D eigenvalue weighted by atomic mass is 10.0. The Morgan fingerprint density at radius 2 is 1.40 bits per heavy atom. The van der Waals surface area contributed by atoms with Crippen molar-refractivity contribution in [3.63, 3.8) is 0 Å². The van der Waals surface area contributed by atoms with Crippen LogP contribution in [0, 0.1) is 0 Å². The summed E-state index contributed by atoms with van der Waals surface area (Å²) in [5.74, 6) is -4.91. The molecule has 0 spiro atoms. The number of aliphatic carboxylic acids is 1. The lowest BCUT2D eigenvalue weighted by Gasteiger charge is -2.30. The van der Waals surface area contributed by atoms with Gasteiger partial charge in [-0.3, -0.25) is 38.6 Å². The maximum atomic E-state index is 13.4. The lowest BCUT2D eigenvalue weighted by molar-refractivity contribution is -0.146. The summed E-state index contributed by atoms with van der Waals surface area (Å²) in [6.45, 7) is 0.212. The van der Waals surface area contributed by atoms with Crippen molar-refractivity contribution in [1.29, 1.82) is 0 Å². The topological polar surface area (TPSA) is 250 Å². The van der Waals surface area contributed by atoms with Gasteiger partial charge in [-0.2, -0.15) is 0 Å². The van der Waals surface area contributed by atoms with E-state index in [2.05, 4.69) is 20.9 Å². The summed E-state index contributed by atoms with van der Waals surface area (Å²) in [5, 5.41) is 17.2. The van der Waals surface area contributed by atoms with Crippen molar-refractivity contribution in [2.24, 2.45) is 16.5 Å². The van der Waals surface area contributed by atoms with Crippen molar-refractivity contribution in [3.8, 4) is 0 Å². The molecular formula is C31H47N9O8. The fourth-order valence-corrected chi connectivity index (χ4v) is 4.90. The maximum absolute atomic E-state index is 13.4. The average molecular weight is 674 g/mol. The van der Waals surface area contributed by atoms with Crippen LogP contribution in [0.2, 0.25) is 0 Å². The van der Waals surface area contributed by atoms with E-state index in [1.807, 2.05) is 37.3 Å². The Labute approximate surface area is 279 Å². The van der Waals surface area contributed by atoms with E-state index in [0.717, 1.165) is 16.9 Å². The summed E-state index contributed by atoms with van der Waals surface area (Å²) in [4.78, 5) is 96.8. The van der Waals surface area contributed by atoms with Crippen LogP contribution in [0.5, 0.6) is 0 Å². The SMILES string of the molecule is CCCCC(=O)N1CCNC(=O)CN(C(=O)CC(=O)O)CCNC(=O)CN(C(=O)CCN=C(N)N)C[C@H](Cc2ccccc2)NC(=O)C1. The number of unbranched alkanes of at least 4 members (excludes halogenated alkanes) is 1. The van der Waals surface area contributed by atoms with E-state index in [1.165, 1.54) is 9.80 Å². The Bertz CT molecular complexity index is 1300. The van der Waals surface area contributed by atoms with Crippen molar-refractivity contribution in [2.45, 2.75) is 51.5 Å². The van der Waals surface area contributed by atoms with Gasteiger partial charge in [0.25, 0.3) is 0 Å². The summed E-state index contributed by atoms with van der Waals surface area (Å²) in [7, 11) is 0. The monoisotopic (exact) mass is 673 g/mol. The quantitative estimate of drug-likeness (QED) is 0.0886. The summed E-state index contributed by atoms with van der Waals surface area (Å²) in [5.41, 5.74) is 11.6. The fraction of sp³-hybridized carbons (Fsp3) is 0.548. The van der Waals surface area contributed by atoms with Crippen molar-refractivity contribution in [1.82, 2.24) is 30.7 Å². The van der Waals surface area contributed by atoms with E-state index in [0.29, 0.717) is 12.8 Å². The molecule has 0 saturated carbocycles. The van der Waals surface area contributed by atoms with Crippen molar-refractivity contribution in [3.05, 3.63) is 35.9 Å². The number of rotatable bonds is 10. The van der Waals surface area contributed by atoms with Gasteiger partial charge in [0.1, 0.15) is 6.42 Å². The predicted octanol–water partition coefficient (Wildman–Crippen LogP) is -2.23. The molecule has 0 aliphatic carbocycles. The Morgan fingerprint density at radius 1 is 0.833 bits per heavy atom. The number of hydrogen-bond donors (Lipinski definition) is 6. The fourth-order valence-electron chi connectivity index (χ4n) is 4.90. The highest BCUT2D eigenvalue weighted by Crippen LogP contribution is 2.08. The second kappa shape index (κ2) is 20.8. The predicted molar refractivity (Wildman–Crippen MR) is 175 cm³/mol. The summed E-state index contributed by atoms with van der Waals surface area (Å²) in [6, 6.07) is 8.54. The van der Waals surface area contributed by atoms with Crippen LogP contribution in [0.1, 0.15) is 44.6 Å². The first kappa shape index (κ1) is 39.0. The zero-order chi connectivity index (χ0) is 35.5. The molecule has 1 atom stereocenters. The van der Waals surface area contributed by atoms with Crippen LogP contribution in [0.3, 0.4) is 0 Å². The average Bonchev–Trinajstić information content (AvgIpc) is 3.01. The Balaban J connectivity index is 2.42. The molecule has 1 saturated heterocycles. The number of carbonyl (C=O) groups excluding carboxylic acids is 6. The lowest BCUT2D eigenvalue weighted by Crippen LogP contribution is -2.53. The number of aliphatic imine (C=N–C) groups is 1. The van der Waals surface area contributed by atoms with E-state index < -0.39 is 61.1 Å². The van der Waals surface area contributed by atoms with Gasteiger partial charge in [-0.15, -0.1) is 0 Å². The van der Waals surface area contributed by atoms with Crippen LogP contribution in [0.15, 0.2) is 35.3 Å². The minimum atomic E-state index is -1.39. The molecule has 0 unspecified atom stereocenters. The van der Waals surface area contributed by atoms with Crippen LogP contribution in [0.4, 0.5) is 0 Å². The third-order valence-corrected chi connectivity index (χ3v) is 7.27. The van der Waals surface area contributed by atoms with Crippen molar-refractivity contribution >= 4 is 47.4 Å². The van der Waals surface area contributed by atoms with Gasteiger partial charge in [0.15, 0.2) is 5.96 Å². The number of nitrogens with zero attached hydrogens (tertiary/aromatic N) is 4. The number of nitrogens with one attached hydrogen (secondary N) is 3. The molecule has 0 radical (unpaired) electrons. The molecule has 1 aromatic carbocycles. The normalized spacial score (nSPS) is 17.2. The highest BCUT2D eigenvalue weighted by Gasteiger charge is 2.26.